The molecule has 0 aromatic carbocycles. The van der Waals surface area contributed by atoms with Crippen molar-refractivity contribution in [2.45, 2.75) is 6.92 Å². The smallest absolute Gasteiger partial charge is 0.338 e. The standard InChI is InChI=1S/C12H11N3O3/c1-8(14)10(6-13)11(16)7-18-12(17)9-2-4-15-5-3-9/h2-5H,7,14H2,1H3/b10-8+. The van der Waals surface area contributed by atoms with Gasteiger partial charge in [0, 0.05) is 18.1 Å². The van der Waals surface area contributed by atoms with Gasteiger partial charge in [-0.05, 0) is 19.1 Å². The van der Waals surface area contributed by atoms with Gasteiger partial charge in [0.05, 0.1) is 5.56 Å². The zero-order valence-corrected chi connectivity index (χ0v) is 9.71. The molecule has 0 spiro atoms. The average Bonchev–Trinajstić information content (AvgIpc) is 2.37. The molecule has 6 nitrogen and oxygen atoms in total. The molecule has 6 heteroatoms. The minimum atomic E-state index is -0.655. The Kier molecular flexibility index (Phi) is 4.58. The lowest BCUT2D eigenvalue weighted by Crippen LogP contribution is -2.17. The predicted octanol–water partition coefficient (Wildman–Crippen LogP) is 0.564. The Morgan fingerprint density at radius 3 is 2.56 bits per heavy atom. The summed E-state index contributed by atoms with van der Waals surface area (Å²) < 4.78 is 4.77. The van der Waals surface area contributed by atoms with Gasteiger partial charge in [0.1, 0.15) is 11.6 Å². The molecule has 1 aromatic rings. The zero-order chi connectivity index (χ0) is 13.5. The average molecular weight is 245 g/mol. The maximum Gasteiger partial charge on any atom is 0.338 e. The Morgan fingerprint density at radius 2 is 2.06 bits per heavy atom. The molecule has 0 fully saturated rings. The van der Waals surface area contributed by atoms with Crippen molar-refractivity contribution in [2.24, 2.45) is 5.73 Å². The van der Waals surface area contributed by atoms with Gasteiger partial charge in [-0.15, -0.1) is 0 Å². The molecule has 0 atom stereocenters. The summed E-state index contributed by atoms with van der Waals surface area (Å²) in [5.41, 5.74) is 5.54. The van der Waals surface area contributed by atoms with Crippen molar-refractivity contribution in [1.82, 2.24) is 4.98 Å². The van der Waals surface area contributed by atoms with Crippen molar-refractivity contribution in [2.75, 3.05) is 6.61 Å². The first-order chi connectivity index (χ1) is 8.56. The number of Topliss-reactive ketones (excluding diaryl/α,β-unsaturated/α-hetero) is 1. The largest absolute Gasteiger partial charge is 0.454 e. The van der Waals surface area contributed by atoms with Crippen molar-refractivity contribution in [3.05, 3.63) is 41.4 Å². The van der Waals surface area contributed by atoms with Crippen LogP contribution >= 0.6 is 0 Å². The van der Waals surface area contributed by atoms with Crippen molar-refractivity contribution in [1.29, 1.82) is 5.26 Å². The SMILES string of the molecule is C/C(N)=C(/C#N)C(=O)COC(=O)c1ccncc1. The van der Waals surface area contributed by atoms with Crippen molar-refractivity contribution in [3.8, 4) is 6.07 Å². The summed E-state index contributed by atoms with van der Waals surface area (Å²) in [6.07, 6.45) is 2.87. The number of aromatic nitrogens is 1. The van der Waals surface area contributed by atoms with Crippen molar-refractivity contribution >= 4 is 11.8 Å². The van der Waals surface area contributed by atoms with E-state index in [0.29, 0.717) is 0 Å². The molecule has 0 aliphatic heterocycles. The summed E-state index contributed by atoms with van der Waals surface area (Å²) in [7, 11) is 0. The summed E-state index contributed by atoms with van der Waals surface area (Å²) in [6.45, 7) is 0.916. The van der Waals surface area contributed by atoms with Gasteiger partial charge in [-0.25, -0.2) is 4.79 Å². The molecule has 0 aliphatic rings. The second-order valence-electron chi connectivity index (χ2n) is 3.41. The first-order valence-corrected chi connectivity index (χ1v) is 5.03. The van der Waals surface area contributed by atoms with Gasteiger partial charge in [-0.3, -0.25) is 9.78 Å². The molecule has 0 aliphatic carbocycles. The highest BCUT2D eigenvalue weighted by Crippen LogP contribution is 2.03. The fourth-order valence-electron chi connectivity index (χ4n) is 1.15. The number of ether oxygens (including phenoxy) is 1. The molecule has 0 saturated heterocycles. The number of esters is 1. The van der Waals surface area contributed by atoms with Crippen LogP contribution in [0.4, 0.5) is 0 Å². The monoisotopic (exact) mass is 245 g/mol. The third kappa shape index (κ3) is 3.42. The number of carbonyl (C=O) groups is 2. The maximum atomic E-state index is 11.5. The number of rotatable bonds is 4. The summed E-state index contributed by atoms with van der Waals surface area (Å²) in [5.74, 6) is -1.28. The van der Waals surface area contributed by atoms with E-state index in [2.05, 4.69) is 4.98 Å². The van der Waals surface area contributed by atoms with E-state index in [0.717, 1.165) is 0 Å². The molecular weight excluding hydrogens is 234 g/mol. The number of carbonyl (C=O) groups excluding carboxylic acids is 2. The van der Waals surface area contributed by atoms with E-state index in [1.807, 2.05) is 0 Å². The van der Waals surface area contributed by atoms with Crippen LogP contribution in [-0.4, -0.2) is 23.3 Å². The number of ketones is 1. The lowest BCUT2D eigenvalue weighted by Gasteiger charge is -2.04. The fourth-order valence-corrected chi connectivity index (χ4v) is 1.15. The number of hydrogen-bond acceptors (Lipinski definition) is 6. The number of nitrogens with two attached hydrogens (primary N) is 1. The lowest BCUT2D eigenvalue weighted by atomic mass is 10.1. The van der Waals surface area contributed by atoms with E-state index in [1.165, 1.54) is 31.5 Å². The number of allylic oxidation sites excluding steroid dienone is 1. The van der Waals surface area contributed by atoms with Crippen LogP contribution in [0.2, 0.25) is 0 Å². The van der Waals surface area contributed by atoms with Crippen molar-refractivity contribution in [3.63, 3.8) is 0 Å². The Hall–Kier alpha value is -2.68. The van der Waals surface area contributed by atoms with E-state index in [1.54, 1.807) is 6.07 Å². The molecule has 0 bridgehead atoms. The van der Waals surface area contributed by atoms with Gasteiger partial charge in [0.2, 0.25) is 5.78 Å². The Bertz CT molecular complexity index is 525. The Morgan fingerprint density at radius 1 is 1.44 bits per heavy atom. The topological polar surface area (TPSA) is 106 Å². The molecule has 0 radical (unpaired) electrons. The highest BCUT2D eigenvalue weighted by Gasteiger charge is 2.14. The zero-order valence-electron chi connectivity index (χ0n) is 9.71. The lowest BCUT2D eigenvalue weighted by molar-refractivity contribution is -0.118. The minimum absolute atomic E-state index is 0.0995. The molecule has 1 aromatic heterocycles. The first kappa shape index (κ1) is 13.4. The molecule has 92 valence electrons. The molecular formula is C12H11N3O3. The van der Waals surface area contributed by atoms with Gasteiger partial charge in [0.15, 0.2) is 6.61 Å². The van der Waals surface area contributed by atoms with Crippen LogP contribution in [0, 0.1) is 11.3 Å². The van der Waals surface area contributed by atoms with E-state index in [9.17, 15) is 9.59 Å². The second kappa shape index (κ2) is 6.15. The minimum Gasteiger partial charge on any atom is -0.454 e. The summed E-state index contributed by atoms with van der Waals surface area (Å²) in [5, 5.41) is 8.69. The third-order valence-electron chi connectivity index (χ3n) is 2.04. The molecule has 0 unspecified atom stereocenters. The summed E-state index contributed by atoms with van der Waals surface area (Å²) >= 11 is 0. The Balaban J connectivity index is 2.63. The van der Waals surface area contributed by atoms with Crippen LogP contribution < -0.4 is 5.73 Å². The number of hydrogen-bond donors (Lipinski definition) is 1. The van der Waals surface area contributed by atoms with Gasteiger partial charge in [-0.1, -0.05) is 0 Å². The van der Waals surface area contributed by atoms with Gasteiger partial charge in [-0.2, -0.15) is 5.26 Å². The van der Waals surface area contributed by atoms with Gasteiger partial charge < -0.3 is 10.5 Å². The van der Waals surface area contributed by atoms with Gasteiger partial charge >= 0.3 is 5.97 Å². The van der Waals surface area contributed by atoms with Crippen LogP contribution in [0.5, 0.6) is 0 Å². The Labute approximate surface area is 104 Å². The molecule has 18 heavy (non-hydrogen) atoms. The fraction of sp³-hybridized carbons (Fsp3) is 0.167. The van der Waals surface area contributed by atoms with Crippen LogP contribution in [0.15, 0.2) is 35.8 Å². The van der Waals surface area contributed by atoms with Crippen LogP contribution in [0.25, 0.3) is 0 Å². The maximum absolute atomic E-state index is 11.5. The van der Waals surface area contributed by atoms with Crippen molar-refractivity contribution < 1.29 is 14.3 Å². The van der Waals surface area contributed by atoms with E-state index < -0.39 is 18.4 Å². The number of nitriles is 1. The second-order valence-corrected chi connectivity index (χ2v) is 3.41. The highest BCUT2D eigenvalue weighted by atomic mass is 16.5. The first-order valence-electron chi connectivity index (χ1n) is 5.03. The molecule has 1 heterocycles. The van der Waals surface area contributed by atoms with E-state index in [-0.39, 0.29) is 16.8 Å². The number of nitrogens with zero attached hydrogens (tertiary/aromatic N) is 2. The van der Waals surface area contributed by atoms with Crippen LogP contribution in [0.3, 0.4) is 0 Å². The quantitative estimate of drug-likeness (QED) is 0.472. The van der Waals surface area contributed by atoms with E-state index in [4.69, 9.17) is 15.7 Å². The van der Waals surface area contributed by atoms with Crippen LogP contribution in [0.1, 0.15) is 17.3 Å². The molecule has 0 amide bonds. The van der Waals surface area contributed by atoms with E-state index >= 15 is 0 Å². The third-order valence-corrected chi connectivity index (χ3v) is 2.04. The van der Waals surface area contributed by atoms with Gasteiger partial charge in [0.25, 0.3) is 0 Å². The molecule has 1 rings (SSSR count). The molecule has 0 saturated carbocycles. The predicted molar refractivity (Wildman–Crippen MR) is 62.0 cm³/mol. The normalized spacial score (nSPS) is 11.1. The van der Waals surface area contributed by atoms with Crippen LogP contribution in [-0.2, 0) is 9.53 Å². The highest BCUT2D eigenvalue weighted by molar-refractivity contribution is 6.02. The summed E-state index contributed by atoms with van der Waals surface area (Å²) in [6, 6.07) is 4.59. The summed E-state index contributed by atoms with van der Waals surface area (Å²) in [4.78, 5) is 26.7. The number of pyridine rings is 1. The molecule has 2 N–H and O–H groups in total.